The maximum Gasteiger partial charge on any atom is 0.308 e. The molecule has 5 heteroatoms. The van der Waals surface area contributed by atoms with Crippen molar-refractivity contribution in [1.29, 1.82) is 0 Å². The molecule has 0 saturated carbocycles. The number of carbonyl (C=O) groups excluding carboxylic acids is 1. The number of hydrogen-bond acceptors (Lipinski definition) is 2. The Morgan fingerprint density at radius 1 is 1.18 bits per heavy atom. The van der Waals surface area contributed by atoms with E-state index in [-0.39, 0.29) is 23.0 Å². The van der Waals surface area contributed by atoms with Gasteiger partial charge in [0.15, 0.2) is 12.8 Å². The van der Waals surface area contributed by atoms with E-state index < -0.39 is 0 Å². The van der Waals surface area contributed by atoms with Gasteiger partial charge in [-0.25, -0.2) is 0 Å². The smallest absolute Gasteiger partial charge is 0.308 e. The zero-order valence-electron chi connectivity index (χ0n) is 12.1. The minimum absolute atomic E-state index is 0. The van der Waals surface area contributed by atoms with Crippen LogP contribution in [0.1, 0.15) is 18.1 Å². The summed E-state index contributed by atoms with van der Waals surface area (Å²) in [4.78, 5) is 11.3. The van der Waals surface area contributed by atoms with Crippen LogP contribution in [0.4, 0.5) is 5.69 Å². The number of ether oxygens (including phenoxy) is 1. The van der Waals surface area contributed by atoms with Crippen LogP contribution in [0.5, 0.6) is 5.75 Å². The van der Waals surface area contributed by atoms with Gasteiger partial charge in [-0.2, -0.15) is 4.58 Å². The second kappa shape index (κ2) is 7.37. The van der Waals surface area contributed by atoms with E-state index in [0.29, 0.717) is 5.75 Å². The Morgan fingerprint density at radius 3 is 2.68 bits per heavy atom. The summed E-state index contributed by atoms with van der Waals surface area (Å²) in [6, 6.07) is 14.1. The molecular weight excluding hydrogens is 457 g/mol. The Kier molecular flexibility index (Phi) is 5.74. The summed E-state index contributed by atoms with van der Waals surface area (Å²) in [7, 11) is 0. The van der Waals surface area contributed by atoms with Crippen molar-refractivity contribution in [1.82, 2.24) is 0 Å². The Bertz CT molecular complexity index is 743. The van der Waals surface area contributed by atoms with E-state index in [2.05, 4.69) is 51.6 Å². The lowest BCUT2D eigenvalue weighted by Crippen LogP contribution is -3.00. The van der Waals surface area contributed by atoms with Gasteiger partial charge in [-0.05, 0) is 40.3 Å². The van der Waals surface area contributed by atoms with Crippen LogP contribution >= 0.6 is 22.6 Å². The van der Waals surface area contributed by atoms with Crippen molar-refractivity contribution in [2.45, 2.75) is 13.3 Å². The quantitative estimate of drug-likeness (QED) is 0.277. The molecule has 0 aromatic heterocycles. The SMILES string of the molecule is CC(=O)Oc1cccc2c1C=[N+](c1ccccc1I)CC2.[Br-]. The van der Waals surface area contributed by atoms with Crippen molar-refractivity contribution < 1.29 is 31.1 Å². The zero-order chi connectivity index (χ0) is 14.8. The van der Waals surface area contributed by atoms with Gasteiger partial charge in [0.2, 0.25) is 5.69 Å². The van der Waals surface area contributed by atoms with Crippen LogP contribution in [-0.4, -0.2) is 23.3 Å². The van der Waals surface area contributed by atoms with Gasteiger partial charge in [-0.1, -0.05) is 24.3 Å². The molecule has 0 atom stereocenters. The third-order valence-electron chi connectivity index (χ3n) is 3.48. The number of fused-ring (bicyclic) bond motifs is 1. The number of para-hydroxylation sites is 1. The summed E-state index contributed by atoms with van der Waals surface area (Å²) in [5, 5.41) is 0. The highest BCUT2D eigenvalue weighted by molar-refractivity contribution is 14.1. The molecule has 0 saturated heterocycles. The molecule has 0 aliphatic carbocycles. The summed E-state index contributed by atoms with van der Waals surface area (Å²) in [5.74, 6) is 0.346. The predicted molar refractivity (Wildman–Crippen MR) is 90.6 cm³/mol. The summed E-state index contributed by atoms with van der Waals surface area (Å²) in [6.07, 6.45) is 3.01. The van der Waals surface area contributed by atoms with Crippen LogP contribution in [0.15, 0.2) is 42.5 Å². The Morgan fingerprint density at radius 2 is 1.95 bits per heavy atom. The summed E-state index contributed by atoms with van der Waals surface area (Å²) < 4.78 is 8.76. The second-order valence-electron chi connectivity index (χ2n) is 4.95. The number of benzene rings is 2. The fraction of sp³-hybridized carbons (Fsp3) is 0.176. The Labute approximate surface area is 153 Å². The normalized spacial score (nSPS) is 12.7. The fourth-order valence-corrected chi connectivity index (χ4v) is 3.23. The van der Waals surface area contributed by atoms with Gasteiger partial charge in [0.05, 0.1) is 9.13 Å². The number of rotatable bonds is 2. The molecule has 0 amide bonds. The monoisotopic (exact) mass is 471 g/mol. The van der Waals surface area contributed by atoms with Crippen LogP contribution in [-0.2, 0) is 11.2 Å². The Hall–Kier alpha value is -1.21. The first kappa shape index (κ1) is 17.1. The van der Waals surface area contributed by atoms with E-state index >= 15 is 0 Å². The first-order chi connectivity index (χ1) is 10.1. The molecule has 114 valence electrons. The molecule has 0 N–H and O–H groups in total. The fourth-order valence-electron chi connectivity index (χ4n) is 2.53. The van der Waals surface area contributed by atoms with Gasteiger partial charge in [-0.3, -0.25) is 4.79 Å². The average Bonchev–Trinajstić information content (AvgIpc) is 2.47. The standard InChI is InChI=1S/C17H15INO2.BrH/c1-12(20)21-17-8-4-5-13-9-10-19(11-14(13)17)16-7-3-2-6-15(16)18;/h2-8,11H,9-10H2,1H3;1H/q+1;/p-1. The van der Waals surface area contributed by atoms with Gasteiger partial charge in [-0.15, -0.1) is 0 Å². The molecule has 2 aromatic carbocycles. The van der Waals surface area contributed by atoms with Crippen molar-refractivity contribution in [3.05, 3.63) is 57.2 Å². The molecule has 22 heavy (non-hydrogen) atoms. The zero-order valence-corrected chi connectivity index (χ0v) is 15.8. The third kappa shape index (κ3) is 3.57. The molecular formula is C17H15BrINO2. The lowest BCUT2D eigenvalue weighted by molar-refractivity contribution is -0.437. The van der Waals surface area contributed by atoms with E-state index in [4.69, 9.17) is 4.74 Å². The average molecular weight is 472 g/mol. The highest BCUT2D eigenvalue weighted by atomic mass is 127. The van der Waals surface area contributed by atoms with Gasteiger partial charge >= 0.3 is 5.97 Å². The summed E-state index contributed by atoms with van der Waals surface area (Å²) in [5.41, 5.74) is 3.40. The van der Waals surface area contributed by atoms with Crippen LogP contribution in [0.3, 0.4) is 0 Å². The largest absolute Gasteiger partial charge is 1.00 e. The maximum absolute atomic E-state index is 11.3. The van der Waals surface area contributed by atoms with E-state index in [1.165, 1.54) is 21.7 Å². The maximum atomic E-state index is 11.3. The number of carbonyl (C=O) groups is 1. The lowest BCUT2D eigenvalue weighted by Gasteiger charge is -2.15. The first-order valence-corrected chi connectivity index (χ1v) is 7.89. The van der Waals surface area contributed by atoms with Gasteiger partial charge in [0.1, 0.15) is 5.75 Å². The van der Waals surface area contributed by atoms with Crippen LogP contribution in [0.25, 0.3) is 0 Å². The molecule has 0 spiro atoms. The van der Waals surface area contributed by atoms with E-state index in [1.54, 1.807) is 0 Å². The van der Waals surface area contributed by atoms with Gasteiger partial charge in [0, 0.05) is 19.4 Å². The van der Waals surface area contributed by atoms with Crippen molar-refractivity contribution in [3.8, 4) is 5.75 Å². The molecule has 3 rings (SSSR count). The van der Waals surface area contributed by atoms with E-state index in [1.807, 2.05) is 24.3 Å². The highest BCUT2D eigenvalue weighted by Crippen LogP contribution is 2.27. The topological polar surface area (TPSA) is 29.3 Å². The molecule has 3 nitrogen and oxygen atoms in total. The molecule has 1 aliphatic heterocycles. The van der Waals surface area contributed by atoms with Crippen LogP contribution in [0, 0.1) is 3.57 Å². The lowest BCUT2D eigenvalue weighted by atomic mass is 10.0. The van der Waals surface area contributed by atoms with Crippen LogP contribution < -0.4 is 21.7 Å². The van der Waals surface area contributed by atoms with Crippen molar-refractivity contribution in [2.24, 2.45) is 0 Å². The van der Waals surface area contributed by atoms with Gasteiger partial charge < -0.3 is 21.7 Å². The molecule has 1 heterocycles. The molecule has 1 aliphatic rings. The Balaban J connectivity index is 0.00000176. The number of esters is 1. The number of hydrogen-bond donors (Lipinski definition) is 0. The molecule has 0 unspecified atom stereocenters. The highest BCUT2D eigenvalue weighted by Gasteiger charge is 2.22. The van der Waals surface area contributed by atoms with Crippen LogP contribution in [0.2, 0.25) is 0 Å². The summed E-state index contributed by atoms with van der Waals surface area (Å²) >= 11 is 2.34. The molecule has 0 bridgehead atoms. The van der Waals surface area contributed by atoms with Gasteiger partial charge in [0.25, 0.3) is 0 Å². The van der Waals surface area contributed by atoms with E-state index in [0.717, 1.165) is 18.5 Å². The predicted octanol–water partition coefficient (Wildman–Crippen LogP) is 0.540. The van der Waals surface area contributed by atoms with Crippen molar-refractivity contribution in [2.75, 3.05) is 6.54 Å². The van der Waals surface area contributed by atoms with Crippen molar-refractivity contribution >= 4 is 40.5 Å². The minimum atomic E-state index is -0.289. The molecule has 2 aromatic rings. The van der Waals surface area contributed by atoms with E-state index in [9.17, 15) is 4.79 Å². The van der Waals surface area contributed by atoms with Crippen molar-refractivity contribution in [3.63, 3.8) is 0 Å². The first-order valence-electron chi connectivity index (χ1n) is 6.81. The second-order valence-corrected chi connectivity index (χ2v) is 6.11. The molecule has 0 radical (unpaired) electrons. The number of nitrogens with zero attached hydrogens (tertiary/aromatic N) is 1. The summed E-state index contributed by atoms with van der Waals surface area (Å²) in [6.45, 7) is 2.36. The minimum Gasteiger partial charge on any atom is -1.00 e. The third-order valence-corrected chi connectivity index (χ3v) is 4.39. The number of halogens is 2. The molecule has 0 fully saturated rings.